The van der Waals surface area contributed by atoms with Gasteiger partial charge in [-0.25, -0.2) is 0 Å². The van der Waals surface area contributed by atoms with Crippen molar-refractivity contribution in [3.63, 3.8) is 0 Å². The molecular weight excluding hydrogens is 379 g/mol. The van der Waals surface area contributed by atoms with Crippen molar-refractivity contribution < 1.29 is 19.1 Å². The number of halogens is 2. The highest BCUT2D eigenvalue weighted by Crippen LogP contribution is 2.20. The normalized spacial score (nSPS) is 11.4. The average Bonchev–Trinajstić information content (AvgIpc) is 2.63. The number of carbonyl (C=O) groups excluding carboxylic acids is 2. The molecule has 0 bridgehead atoms. The monoisotopic (exact) mass is 396 g/mol. The summed E-state index contributed by atoms with van der Waals surface area (Å²) < 4.78 is 10.9. The molecule has 0 heterocycles. The standard InChI is InChI=1S/C18H18Cl2N2O4/c1-3-25-13-5-7-14(8-6-13)26-11(2)17(23)21-22-18(24)15-10-12(19)4-9-16(15)20/h4-11H,3H2,1-2H3,(H,21,23)(H,22,24). The van der Waals surface area contributed by atoms with Crippen LogP contribution in [0.2, 0.25) is 10.0 Å². The maximum absolute atomic E-state index is 12.1. The molecule has 0 fully saturated rings. The molecule has 2 amide bonds. The van der Waals surface area contributed by atoms with E-state index >= 15 is 0 Å². The first-order valence-electron chi connectivity index (χ1n) is 7.85. The quantitative estimate of drug-likeness (QED) is 0.730. The van der Waals surface area contributed by atoms with Crippen molar-refractivity contribution in [2.24, 2.45) is 0 Å². The summed E-state index contributed by atoms with van der Waals surface area (Å²) in [7, 11) is 0. The van der Waals surface area contributed by atoms with Crippen molar-refractivity contribution in [2.75, 3.05) is 6.61 Å². The molecule has 0 saturated carbocycles. The summed E-state index contributed by atoms with van der Waals surface area (Å²) in [6.07, 6.45) is -0.830. The first kappa shape index (κ1) is 19.9. The molecule has 6 nitrogen and oxygen atoms in total. The number of carbonyl (C=O) groups is 2. The molecule has 0 aromatic heterocycles. The largest absolute Gasteiger partial charge is 0.494 e. The van der Waals surface area contributed by atoms with E-state index in [0.717, 1.165) is 0 Å². The van der Waals surface area contributed by atoms with Crippen molar-refractivity contribution in [1.29, 1.82) is 0 Å². The van der Waals surface area contributed by atoms with Gasteiger partial charge in [-0.1, -0.05) is 23.2 Å². The Morgan fingerprint density at radius 3 is 2.35 bits per heavy atom. The van der Waals surface area contributed by atoms with Crippen molar-refractivity contribution in [3.8, 4) is 11.5 Å². The molecule has 2 aromatic carbocycles. The number of amides is 2. The summed E-state index contributed by atoms with van der Waals surface area (Å²) >= 11 is 11.8. The van der Waals surface area contributed by atoms with Crippen molar-refractivity contribution in [1.82, 2.24) is 10.9 Å². The minimum atomic E-state index is -0.830. The first-order chi connectivity index (χ1) is 12.4. The number of benzene rings is 2. The van der Waals surface area contributed by atoms with E-state index in [1.165, 1.54) is 12.1 Å². The van der Waals surface area contributed by atoms with Crippen LogP contribution < -0.4 is 20.3 Å². The highest BCUT2D eigenvalue weighted by molar-refractivity contribution is 6.35. The fraction of sp³-hybridized carbons (Fsp3) is 0.222. The molecule has 1 unspecified atom stereocenters. The summed E-state index contributed by atoms with van der Waals surface area (Å²) in [6.45, 7) is 4.02. The van der Waals surface area contributed by atoms with E-state index < -0.39 is 17.9 Å². The first-order valence-corrected chi connectivity index (χ1v) is 8.61. The summed E-state index contributed by atoms with van der Waals surface area (Å²) in [6, 6.07) is 11.3. The number of rotatable bonds is 6. The third kappa shape index (κ3) is 5.54. The van der Waals surface area contributed by atoms with Crippen molar-refractivity contribution in [2.45, 2.75) is 20.0 Å². The Labute approximate surface area is 161 Å². The minimum Gasteiger partial charge on any atom is -0.494 e. The molecule has 0 saturated heterocycles. The van der Waals surface area contributed by atoms with E-state index in [9.17, 15) is 9.59 Å². The fourth-order valence-electron chi connectivity index (χ4n) is 2.00. The second-order valence-electron chi connectivity index (χ2n) is 5.23. The third-order valence-electron chi connectivity index (χ3n) is 3.29. The minimum absolute atomic E-state index is 0.152. The van der Waals surface area contributed by atoms with Gasteiger partial charge in [-0.2, -0.15) is 0 Å². The van der Waals surface area contributed by atoms with E-state index in [2.05, 4.69) is 10.9 Å². The lowest BCUT2D eigenvalue weighted by Crippen LogP contribution is -2.47. The van der Waals surface area contributed by atoms with Gasteiger partial charge in [-0.05, 0) is 56.3 Å². The van der Waals surface area contributed by atoms with Crippen LogP contribution in [-0.2, 0) is 4.79 Å². The maximum Gasteiger partial charge on any atom is 0.279 e. The van der Waals surface area contributed by atoms with E-state index in [1.54, 1.807) is 37.3 Å². The van der Waals surface area contributed by atoms with E-state index in [1.807, 2.05) is 6.92 Å². The lowest BCUT2D eigenvalue weighted by molar-refractivity contribution is -0.128. The zero-order valence-corrected chi connectivity index (χ0v) is 15.7. The predicted octanol–water partition coefficient (Wildman–Crippen LogP) is 3.62. The van der Waals surface area contributed by atoms with Crippen molar-refractivity contribution >= 4 is 35.0 Å². The summed E-state index contributed by atoms with van der Waals surface area (Å²) in [5, 5.41) is 0.581. The van der Waals surface area contributed by atoms with Gasteiger partial charge >= 0.3 is 0 Å². The lowest BCUT2D eigenvalue weighted by Gasteiger charge is -2.15. The van der Waals surface area contributed by atoms with Gasteiger partial charge in [0.25, 0.3) is 11.8 Å². The van der Waals surface area contributed by atoms with Crippen LogP contribution >= 0.6 is 23.2 Å². The Morgan fingerprint density at radius 2 is 1.69 bits per heavy atom. The topological polar surface area (TPSA) is 76.7 Å². The predicted molar refractivity (Wildman–Crippen MR) is 99.8 cm³/mol. The molecule has 8 heteroatoms. The molecule has 0 radical (unpaired) electrons. The van der Waals surface area contributed by atoms with Crippen molar-refractivity contribution in [3.05, 3.63) is 58.1 Å². The number of hydrogen-bond donors (Lipinski definition) is 2. The van der Waals surface area contributed by atoms with E-state index in [-0.39, 0.29) is 10.6 Å². The zero-order valence-electron chi connectivity index (χ0n) is 14.2. The van der Waals surface area contributed by atoms with Crippen LogP contribution in [0.15, 0.2) is 42.5 Å². The van der Waals surface area contributed by atoms with Crippen LogP contribution in [0.4, 0.5) is 0 Å². The van der Waals surface area contributed by atoms with Gasteiger partial charge in [0.05, 0.1) is 17.2 Å². The summed E-state index contributed by atoms with van der Waals surface area (Å²) in [5.74, 6) is 0.104. The number of hydrazine groups is 1. The molecule has 0 spiro atoms. The van der Waals surface area contributed by atoms with E-state index in [0.29, 0.717) is 23.1 Å². The van der Waals surface area contributed by atoms with Gasteiger partial charge in [-0.15, -0.1) is 0 Å². The zero-order chi connectivity index (χ0) is 19.1. The van der Waals surface area contributed by atoms with Crippen LogP contribution in [0.5, 0.6) is 11.5 Å². The Hall–Kier alpha value is -2.44. The average molecular weight is 397 g/mol. The van der Waals surface area contributed by atoms with Gasteiger partial charge in [0.15, 0.2) is 6.10 Å². The van der Waals surface area contributed by atoms with Crippen LogP contribution in [0.1, 0.15) is 24.2 Å². The molecule has 1 atom stereocenters. The second-order valence-corrected chi connectivity index (χ2v) is 6.08. The van der Waals surface area contributed by atoms with Gasteiger partial charge in [0, 0.05) is 5.02 Å². The molecule has 0 aliphatic rings. The molecule has 2 aromatic rings. The summed E-state index contributed by atoms with van der Waals surface area (Å²) in [5.41, 5.74) is 4.72. The molecule has 0 aliphatic heterocycles. The van der Waals surface area contributed by atoms with Crippen LogP contribution in [-0.4, -0.2) is 24.5 Å². The number of nitrogens with one attached hydrogen (secondary N) is 2. The molecule has 26 heavy (non-hydrogen) atoms. The van der Waals surface area contributed by atoms with Gasteiger partial charge in [-0.3, -0.25) is 20.4 Å². The highest BCUT2D eigenvalue weighted by Gasteiger charge is 2.17. The SMILES string of the molecule is CCOc1ccc(OC(C)C(=O)NNC(=O)c2cc(Cl)ccc2Cl)cc1. The van der Waals surface area contributed by atoms with Crippen LogP contribution in [0, 0.1) is 0 Å². The highest BCUT2D eigenvalue weighted by atomic mass is 35.5. The van der Waals surface area contributed by atoms with Gasteiger partial charge in [0.2, 0.25) is 0 Å². The Kier molecular flexibility index (Phi) is 7.12. The Bertz CT molecular complexity index is 781. The van der Waals surface area contributed by atoms with Crippen LogP contribution in [0.25, 0.3) is 0 Å². The summed E-state index contributed by atoms with van der Waals surface area (Å²) in [4.78, 5) is 24.1. The third-order valence-corrected chi connectivity index (χ3v) is 3.85. The van der Waals surface area contributed by atoms with Gasteiger partial charge in [0.1, 0.15) is 11.5 Å². The molecule has 2 N–H and O–H groups in total. The van der Waals surface area contributed by atoms with E-state index in [4.69, 9.17) is 32.7 Å². The van der Waals surface area contributed by atoms with Crippen LogP contribution in [0.3, 0.4) is 0 Å². The second kappa shape index (κ2) is 9.31. The molecule has 2 rings (SSSR count). The molecule has 0 aliphatic carbocycles. The smallest absolute Gasteiger partial charge is 0.279 e. The Balaban J connectivity index is 1.88. The molecule has 138 valence electrons. The molecular formula is C18H18Cl2N2O4. The number of ether oxygens (including phenoxy) is 2. The lowest BCUT2D eigenvalue weighted by atomic mass is 10.2. The Morgan fingerprint density at radius 1 is 1.04 bits per heavy atom. The van der Waals surface area contributed by atoms with Gasteiger partial charge < -0.3 is 9.47 Å². The maximum atomic E-state index is 12.1. The number of hydrogen-bond acceptors (Lipinski definition) is 4. The fourth-order valence-corrected chi connectivity index (χ4v) is 2.37.